The summed E-state index contributed by atoms with van der Waals surface area (Å²) in [5.41, 5.74) is 6.56. The minimum Gasteiger partial charge on any atom is -0.285 e. The molecule has 0 aliphatic carbocycles. The lowest BCUT2D eigenvalue weighted by Crippen LogP contribution is -2.32. The Bertz CT molecular complexity index is 170. The fourth-order valence-electron chi connectivity index (χ4n) is 0.680. The van der Waals surface area contributed by atoms with Crippen LogP contribution in [0.4, 0.5) is 5.82 Å². The third-order valence-corrected chi connectivity index (χ3v) is 1.10. The number of nitrogens with zero attached hydrogens (tertiary/aromatic N) is 1. The van der Waals surface area contributed by atoms with Crippen LogP contribution in [0.1, 0.15) is 5.69 Å². The first-order valence-electron chi connectivity index (χ1n) is 2.51. The van der Waals surface area contributed by atoms with E-state index >= 15 is 0 Å². The van der Waals surface area contributed by atoms with E-state index in [2.05, 4.69) is 5.10 Å². The van der Waals surface area contributed by atoms with E-state index in [-0.39, 0.29) is 0 Å². The normalized spacial score (nSPS) is 9.75. The summed E-state index contributed by atoms with van der Waals surface area (Å²) in [6, 6.07) is 1.89. The van der Waals surface area contributed by atoms with Crippen molar-refractivity contribution in [2.24, 2.45) is 7.05 Å². The molecular weight excluding hydrogens is 102 g/mol. The van der Waals surface area contributed by atoms with Crippen LogP contribution in [0, 0.1) is 6.92 Å². The molecule has 44 valence electrons. The Morgan fingerprint density at radius 1 is 1.75 bits per heavy atom. The molecule has 1 rings (SSSR count). The van der Waals surface area contributed by atoms with Crippen LogP contribution in [0.2, 0.25) is 0 Å². The monoisotopic (exact) mass is 112 g/mol. The summed E-state index contributed by atoms with van der Waals surface area (Å²) in [6.45, 7) is 1.97. The van der Waals surface area contributed by atoms with Gasteiger partial charge in [0, 0.05) is 0 Å². The van der Waals surface area contributed by atoms with Crippen molar-refractivity contribution in [2.75, 3.05) is 5.73 Å². The quantitative estimate of drug-likeness (QED) is 0.446. The van der Waals surface area contributed by atoms with Gasteiger partial charge in [0.05, 0.1) is 11.8 Å². The molecule has 0 aromatic carbocycles. The Hall–Kier alpha value is -0.990. The molecule has 0 saturated carbocycles. The summed E-state index contributed by atoms with van der Waals surface area (Å²) >= 11 is 0. The number of H-pyrrole nitrogens is 1. The highest BCUT2D eigenvalue weighted by molar-refractivity contribution is 5.21. The van der Waals surface area contributed by atoms with Crippen molar-refractivity contribution in [3.63, 3.8) is 0 Å². The van der Waals surface area contributed by atoms with Crippen molar-refractivity contribution in [2.45, 2.75) is 6.92 Å². The smallest absolute Gasteiger partial charge is 0.285 e. The molecule has 1 heterocycles. The van der Waals surface area contributed by atoms with Gasteiger partial charge in [-0.3, -0.25) is 5.73 Å². The standard InChI is InChI=1S/C5H9N3/c1-4-3-5(6)8(2)7-4/h3H,1-2H3,(H2,6,7)/p+1. The molecule has 0 aliphatic rings. The number of hydrogen-bond acceptors (Lipinski definition) is 1. The van der Waals surface area contributed by atoms with Crippen LogP contribution in [-0.2, 0) is 7.05 Å². The van der Waals surface area contributed by atoms with Crippen molar-refractivity contribution >= 4 is 5.82 Å². The second-order valence-electron chi connectivity index (χ2n) is 1.92. The topological polar surface area (TPSA) is 45.7 Å². The Balaban J connectivity index is 3.14. The molecule has 0 aliphatic heterocycles. The van der Waals surface area contributed by atoms with Gasteiger partial charge in [0.1, 0.15) is 7.05 Å². The molecule has 8 heavy (non-hydrogen) atoms. The maximum atomic E-state index is 5.47. The lowest BCUT2D eigenvalue weighted by Gasteiger charge is -1.80. The Morgan fingerprint density at radius 3 is 2.50 bits per heavy atom. The van der Waals surface area contributed by atoms with Crippen molar-refractivity contribution in [3.8, 4) is 0 Å². The van der Waals surface area contributed by atoms with Crippen LogP contribution >= 0.6 is 0 Å². The maximum absolute atomic E-state index is 5.47. The number of rotatable bonds is 0. The third kappa shape index (κ3) is 0.665. The average molecular weight is 112 g/mol. The molecule has 3 nitrogen and oxygen atoms in total. The summed E-state index contributed by atoms with van der Waals surface area (Å²) in [5, 5.41) is 3.00. The van der Waals surface area contributed by atoms with Crippen molar-refractivity contribution in [3.05, 3.63) is 11.8 Å². The third-order valence-electron chi connectivity index (χ3n) is 1.10. The van der Waals surface area contributed by atoms with E-state index in [1.807, 2.05) is 20.0 Å². The number of nitrogens with two attached hydrogens (primary N) is 1. The fraction of sp³-hybridized carbons (Fsp3) is 0.400. The summed E-state index contributed by atoms with van der Waals surface area (Å²) in [5.74, 6) is 0.766. The van der Waals surface area contributed by atoms with Gasteiger partial charge >= 0.3 is 0 Å². The van der Waals surface area contributed by atoms with E-state index in [1.54, 1.807) is 4.68 Å². The Labute approximate surface area is 48.1 Å². The van der Waals surface area contributed by atoms with E-state index in [0.717, 1.165) is 11.5 Å². The molecule has 0 bridgehead atoms. The lowest BCUT2D eigenvalue weighted by molar-refractivity contribution is -0.713. The summed E-state index contributed by atoms with van der Waals surface area (Å²) < 4.78 is 1.77. The van der Waals surface area contributed by atoms with Gasteiger partial charge in [-0.15, -0.1) is 0 Å². The van der Waals surface area contributed by atoms with Crippen LogP contribution in [0.5, 0.6) is 0 Å². The summed E-state index contributed by atoms with van der Waals surface area (Å²) in [4.78, 5) is 0. The average Bonchev–Trinajstić information content (AvgIpc) is 1.85. The second kappa shape index (κ2) is 1.51. The van der Waals surface area contributed by atoms with Crippen LogP contribution in [0.25, 0.3) is 0 Å². The van der Waals surface area contributed by atoms with E-state index < -0.39 is 0 Å². The van der Waals surface area contributed by atoms with Gasteiger partial charge in [0.2, 0.25) is 0 Å². The fourth-order valence-corrected chi connectivity index (χ4v) is 0.680. The first kappa shape index (κ1) is 5.15. The largest absolute Gasteiger partial charge is 0.292 e. The second-order valence-corrected chi connectivity index (χ2v) is 1.92. The highest BCUT2D eigenvalue weighted by atomic mass is 15.3. The van der Waals surface area contributed by atoms with Gasteiger partial charge in [-0.2, -0.15) is 4.68 Å². The van der Waals surface area contributed by atoms with E-state index in [4.69, 9.17) is 5.73 Å². The number of nitrogens with one attached hydrogen (secondary N) is 1. The summed E-state index contributed by atoms with van der Waals surface area (Å²) in [7, 11) is 1.88. The molecule has 3 heteroatoms. The highest BCUT2D eigenvalue weighted by Gasteiger charge is 1.99. The molecule has 0 saturated heterocycles. The molecule has 1 aromatic heterocycles. The van der Waals surface area contributed by atoms with Crippen LogP contribution < -0.4 is 10.4 Å². The van der Waals surface area contributed by atoms with Crippen molar-refractivity contribution < 1.29 is 4.68 Å². The first-order valence-corrected chi connectivity index (χ1v) is 2.51. The number of hydrogen-bond donors (Lipinski definition) is 2. The molecule has 0 fully saturated rings. The molecule has 1 aromatic rings. The zero-order valence-electron chi connectivity index (χ0n) is 5.10. The predicted octanol–water partition coefficient (Wildman–Crippen LogP) is -0.270. The highest BCUT2D eigenvalue weighted by Crippen LogP contribution is 1.92. The molecule has 0 radical (unpaired) electrons. The van der Waals surface area contributed by atoms with Crippen LogP contribution in [0.3, 0.4) is 0 Å². The number of aryl methyl sites for hydroxylation is 2. The van der Waals surface area contributed by atoms with Crippen molar-refractivity contribution in [1.29, 1.82) is 0 Å². The Kier molecular flexibility index (Phi) is 0.970. The van der Waals surface area contributed by atoms with Gasteiger partial charge < -0.3 is 0 Å². The van der Waals surface area contributed by atoms with Crippen LogP contribution in [-0.4, -0.2) is 5.10 Å². The first-order chi connectivity index (χ1) is 3.70. The van der Waals surface area contributed by atoms with Gasteiger partial charge in [-0.25, -0.2) is 5.10 Å². The molecule has 0 atom stereocenters. The number of anilines is 1. The molecule has 0 unspecified atom stereocenters. The number of nitrogen functional groups attached to an aromatic ring is 1. The SMILES string of the molecule is Cc1cc(N)[n+](C)[nH]1. The predicted molar refractivity (Wildman–Crippen MR) is 31.1 cm³/mol. The van der Waals surface area contributed by atoms with E-state index in [1.165, 1.54) is 0 Å². The Morgan fingerprint density at radius 2 is 2.38 bits per heavy atom. The summed E-state index contributed by atoms with van der Waals surface area (Å²) in [6.07, 6.45) is 0. The minimum atomic E-state index is 0.766. The van der Waals surface area contributed by atoms with Gasteiger partial charge in [0.25, 0.3) is 5.82 Å². The van der Waals surface area contributed by atoms with Gasteiger partial charge in [-0.1, -0.05) is 0 Å². The molecule has 0 amide bonds. The molecular formula is C5H10N3+. The van der Waals surface area contributed by atoms with Gasteiger partial charge in [-0.05, 0) is 6.92 Å². The van der Waals surface area contributed by atoms with Crippen LogP contribution in [0.15, 0.2) is 6.07 Å². The number of aromatic amines is 1. The van der Waals surface area contributed by atoms with E-state index in [9.17, 15) is 0 Å². The van der Waals surface area contributed by atoms with Crippen molar-refractivity contribution in [1.82, 2.24) is 5.10 Å². The zero-order valence-corrected chi connectivity index (χ0v) is 5.10. The molecule has 0 spiro atoms. The van der Waals surface area contributed by atoms with Gasteiger partial charge in [0.15, 0.2) is 0 Å². The van der Waals surface area contributed by atoms with E-state index in [0.29, 0.717) is 0 Å². The maximum Gasteiger partial charge on any atom is 0.292 e. The molecule has 3 N–H and O–H groups in total. The minimum absolute atomic E-state index is 0.766. The zero-order chi connectivity index (χ0) is 6.15. The number of aromatic nitrogens is 2. The lowest BCUT2D eigenvalue weighted by atomic mass is 10.5.